The van der Waals surface area contributed by atoms with Crippen LogP contribution in [0.3, 0.4) is 0 Å². The number of nitrogens with zero attached hydrogens (tertiary/aromatic N) is 2. The number of aromatic nitrogens is 1. The third kappa shape index (κ3) is 3.27. The van der Waals surface area contributed by atoms with Gasteiger partial charge in [-0.25, -0.2) is 0 Å². The quantitative estimate of drug-likeness (QED) is 0.848. The molecule has 0 atom stereocenters. The van der Waals surface area contributed by atoms with E-state index in [0.29, 0.717) is 6.54 Å². The molecule has 0 radical (unpaired) electrons. The predicted octanol–water partition coefficient (Wildman–Crippen LogP) is 1.04. The first-order valence-corrected chi connectivity index (χ1v) is 6.13. The minimum absolute atomic E-state index is 0.185. The van der Waals surface area contributed by atoms with E-state index in [-0.39, 0.29) is 11.8 Å². The van der Waals surface area contributed by atoms with Crippen LogP contribution in [-0.4, -0.2) is 35.9 Å². The zero-order valence-electron chi connectivity index (χ0n) is 10.2. The lowest BCUT2D eigenvalue weighted by Crippen LogP contribution is -2.39. The zero-order valence-corrected chi connectivity index (χ0v) is 10.2. The fourth-order valence-corrected chi connectivity index (χ4v) is 2.19. The van der Waals surface area contributed by atoms with E-state index in [1.807, 2.05) is 25.2 Å². The fraction of sp³-hybridized carbons (Fsp3) is 0.538. The van der Waals surface area contributed by atoms with Crippen molar-refractivity contribution in [1.29, 1.82) is 0 Å². The standard InChI is InChI=1S/C13H19N3O/c1-16(10-12-4-2-3-7-15-12)13(17)11-5-8-14-9-6-11/h2-4,7,11,14H,5-6,8-10H2,1H3. The fourth-order valence-electron chi connectivity index (χ4n) is 2.19. The van der Waals surface area contributed by atoms with Gasteiger partial charge in [0.05, 0.1) is 12.2 Å². The van der Waals surface area contributed by atoms with Crippen LogP contribution < -0.4 is 5.32 Å². The molecule has 1 fully saturated rings. The van der Waals surface area contributed by atoms with Crippen molar-refractivity contribution >= 4 is 5.91 Å². The predicted molar refractivity (Wildman–Crippen MR) is 66.3 cm³/mol. The number of carbonyl (C=O) groups excluding carboxylic acids is 1. The average Bonchev–Trinajstić information content (AvgIpc) is 2.40. The summed E-state index contributed by atoms with van der Waals surface area (Å²) in [5.41, 5.74) is 0.942. The van der Waals surface area contributed by atoms with Crippen LogP contribution in [0.5, 0.6) is 0 Å². The van der Waals surface area contributed by atoms with Crippen molar-refractivity contribution in [3.8, 4) is 0 Å². The Bertz CT molecular complexity index is 360. The van der Waals surface area contributed by atoms with Crippen LogP contribution in [0.4, 0.5) is 0 Å². The van der Waals surface area contributed by atoms with E-state index in [9.17, 15) is 4.79 Å². The number of carbonyl (C=O) groups is 1. The van der Waals surface area contributed by atoms with E-state index in [1.165, 1.54) is 0 Å². The average molecular weight is 233 g/mol. The molecule has 17 heavy (non-hydrogen) atoms. The molecule has 4 nitrogen and oxygen atoms in total. The molecule has 1 aromatic heterocycles. The third-order valence-corrected chi connectivity index (χ3v) is 3.19. The number of nitrogens with one attached hydrogen (secondary N) is 1. The molecule has 1 N–H and O–H groups in total. The van der Waals surface area contributed by atoms with E-state index in [4.69, 9.17) is 0 Å². The summed E-state index contributed by atoms with van der Waals surface area (Å²) in [6, 6.07) is 5.79. The van der Waals surface area contributed by atoms with Gasteiger partial charge in [0.1, 0.15) is 0 Å². The molecule has 0 bridgehead atoms. The highest BCUT2D eigenvalue weighted by Gasteiger charge is 2.23. The van der Waals surface area contributed by atoms with Crippen LogP contribution in [0.15, 0.2) is 24.4 Å². The van der Waals surface area contributed by atoms with Crippen molar-refractivity contribution < 1.29 is 4.79 Å². The highest BCUT2D eigenvalue weighted by Crippen LogP contribution is 2.15. The zero-order chi connectivity index (χ0) is 12.1. The second-order valence-corrected chi connectivity index (χ2v) is 4.54. The van der Waals surface area contributed by atoms with Gasteiger partial charge in [-0.3, -0.25) is 9.78 Å². The van der Waals surface area contributed by atoms with Crippen LogP contribution in [-0.2, 0) is 11.3 Å². The van der Waals surface area contributed by atoms with Crippen LogP contribution in [0.25, 0.3) is 0 Å². The smallest absolute Gasteiger partial charge is 0.225 e. The Morgan fingerprint density at radius 2 is 2.24 bits per heavy atom. The van der Waals surface area contributed by atoms with Crippen LogP contribution in [0.1, 0.15) is 18.5 Å². The first-order valence-electron chi connectivity index (χ1n) is 6.13. The second-order valence-electron chi connectivity index (χ2n) is 4.54. The molecule has 1 aliphatic rings. The Morgan fingerprint density at radius 1 is 1.47 bits per heavy atom. The summed E-state index contributed by atoms with van der Waals surface area (Å²) in [5.74, 6) is 0.433. The Kier molecular flexibility index (Phi) is 4.09. The Hall–Kier alpha value is -1.42. The third-order valence-electron chi connectivity index (χ3n) is 3.19. The number of piperidine rings is 1. The molecular formula is C13H19N3O. The van der Waals surface area contributed by atoms with Gasteiger partial charge in [-0.1, -0.05) is 6.07 Å². The lowest BCUT2D eigenvalue weighted by Gasteiger charge is -2.26. The Labute approximate surface area is 102 Å². The monoisotopic (exact) mass is 233 g/mol. The molecule has 0 aromatic carbocycles. The normalized spacial score (nSPS) is 16.8. The highest BCUT2D eigenvalue weighted by atomic mass is 16.2. The van der Waals surface area contributed by atoms with Gasteiger partial charge in [0.15, 0.2) is 0 Å². The molecule has 0 aliphatic carbocycles. The van der Waals surface area contributed by atoms with Crippen molar-refractivity contribution in [2.24, 2.45) is 5.92 Å². The van der Waals surface area contributed by atoms with Crippen LogP contribution >= 0.6 is 0 Å². The van der Waals surface area contributed by atoms with Crippen molar-refractivity contribution in [1.82, 2.24) is 15.2 Å². The first-order chi connectivity index (χ1) is 8.27. The molecular weight excluding hydrogens is 214 g/mol. The summed E-state index contributed by atoms with van der Waals surface area (Å²) in [6.07, 6.45) is 3.66. The maximum absolute atomic E-state index is 12.2. The number of pyridine rings is 1. The van der Waals surface area contributed by atoms with E-state index in [1.54, 1.807) is 11.1 Å². The van der Waals surface area contributed by atoms with Crippen molar-refractivity contribution in [2.75, 3.05) is 20.1 Å². The van der Waals surface area contributed by atoms with Crippen LogP contribution in [0, 0.1) is 5.92 Å². The van der Waals surface area contributed by atoms with Gasteiger partial charge < -0.3 is 10.2 Å². The summed E-state index contributed by atoms with van der Waals surface area (Å²) in [7, 11) is 1.86. The summed E-state index contributed by atoms with van der Waals surface area (Å²) in [5, 5.41) is 3.28. The molecule has 1 aliphatic heterocycles. The van der Waals surface area contributed by atoms with E-state index >= 15 is 0 Å². The van der Waals surface area contributed by atoms with Crippen molar-refractivity contribution in [3.05, 3.63) is 30.1 Å². The lowest BCUT2D eigenvalue weighted by atomic mass is 9.97. The number of hydrogen-bond acceptors (Lipinski definition) is 3. The molecule has 0 unspecified atom stereocenters. The minimum atomic E-state index is 0.185. The van der Waals surface area contributed by atoms with Gasteiger partial charge in [-0.2, -0.15) is 0 Å². The van der Waals surface area contributed by atoms with Crippen LogP contribution in [0.2, 0.25) is 0 Å². The highest BCUT2D eigenvalue weighted by molar-refractivity contribution is 5.78. The SMILES string of the molecule is CN(Cc1ccccn1)C(=O)C1CCNCC1. The summed E-state index contributed by atoms with van der Waals surface area (Å²) >= 11 is 0. The maximum atomic E-state index is 12.2. The Morgan fingerprint density at radius 3 is 2.88 bits per heavy atom. The number of rotatable bonds is 3. The first kappa shape index (κ1) is 12.0. The minimum Gasteiger partial charge on any atom is -0.340 e. The van der Waals surface area contributed by atoms with Crippen molar-refractivity contribution in [3.63, 3.8) is 0 Å². The van der Waals surface area contributed by atoms with Gasteiger partial charge in [-0.15, -0.1) is 0 Å². The molecule has 0 saturated carbocycles. The van der Waals surface area contributed by atoms with E-state index < -0.39 is 0 Å². The summed E-state index contributed by atoms with van der Waals surface area (Å²) < 4.78 is 0. The van der Waals surface area contributed by atoms with Gasteiger partial charge in [-0.05, 0) is 38.1 Å². The van der Waals surface area contributed by atoms with Gasteiger partial charge in [0, 0.05) is 19.2 Å². The second kappa shape index (κ2) is 5.77. The van der Waals surface area contributed by atoms with Crippen molar-refractivity contribution in [2.45, 2.75) is 19.4 Å². The summed E-state index contributed by atoms with van der Waals surface area (Å²) in [4.78, 5) is 18.2. The topological polar surface area (TPSA) is 45.2 Å². The molecule has 1 saturated heterocycles. The Balaban J connectivity index is 1.90. The molecule has 0 spiro atoms. The van der Waals surface area contributed by atoms with Gasteiger partial charge in [0.2, 0.25) is 5.91 Å². The number of hydrogen-bond donors (Lipinski definition) is 1. The molecule has 1 amide bonds. The largest absolute Gasteiger partial charge is 0.340 e. The molecule has 4 heteroatoms. The molecule has 2 heterocycles. The van der Waals surface area contributed by atoms with Gasteiger partial charge in [0.25, 0.3) is 0 Å². The lowest BCUT2D eigenvalue weighted by molar-refractivity contribution is -0.135. The van der Waals surface area contributed by atoms with Gasteiger partial charge >= 0.3 is 0 Å². The molecule has 1 aromatic rings. The summed E-state index contributed by atoms with van der Waals surface area (Å²) in [6.45, 7) is 2.51. The van der Waals surface area contributed by atoms with E-state index in [0.717, 1.165) is 31.6 Å². The maximum Gasteiger partial charge on any atom is 0.225 e. The van der Waals surface area contributed by atoms with E-state index in [2.05, 4.69) is 10.3 Å². The number of amides is 1. The molecule has 2 rings (SSSR count). The molecule has 92 valence electrons.